The number of halogens is 2. The van der Waals surface area contributed by atoms with Gasteiger partial charge in [0.15, 0.2) is 5.96 Å². The van der Waals surface area contributed by atoms with Gasteiger partial charge in [0.2, 0.25) is 0 Å². The first kappa shape index (κ1) is 22.1. The molecule has 28 heavy (non-hydrogen) atoms. The molecule has 0 aromatic heterocycles. The summed E-state index contributed by atoms with van der Waals surface area (Å²) in [6, 6.07) is 13.2. The first-order chi connectivity index (χ1) is 13.4. The number of nitrogens with zero attached hydrogens (tertiary/aromatic N) is 2. The summed E-state index contributed by atoms with van der Waals surface area (Å²) < 4.78 is 0. The normalized spacial score (nSPS) is 11.2. The van der Waals surface area contributed by atoms with E-state index in [1.165, 1.54) is 0 Å². The largest absolute Gasteiger partial charge is 0.356 e. The highest BCUT2D eigenvalue weighted by atomic mass is 35.5. The van der Waals surface area contributed by atoms with Gasteiger partial charge in [-0.1, -0.05) is 41.4 Å². The molecule has 2 aromatic carbocycles. The molecule has 0 aliphatic carbocycles. The average Bonchev–Trinajstić information content (AvgIpc) is 2.68. The zero-order valence-corrected chi connectivity index (χ0v) is 17.9. The number of nitrogens with one attached hydrogen (secondary N) is 2. The second-order valence-electron chi connectivity index (χ2n) is 6.53. The Morgan fingerprint density at radius 2 is 1.61 bits per heavy atom. The van der Waals surface area contributed by atoms with Crippen LogP contribution in [0, 0.1) is 0 Å². The lowest BCUT2D eigenvalue weighted by atomic mass is 10.1. The topological polar surface area (TPSA) is 56.7 Å². The Bertz CT molecular complexity index is 817. The maximum absolute atomic E-state index is 12.1. The molecule has 0 fully saturated rings. The molecule has 0 saturated carbocycles. The fourth-order valence-corrected chi connectivity index (χ4v) is 3.33. The summed E-state index contributed by atoms with van der Waals surface area (Å²) in [5, 5.41) is 7.89. The van der Waals surface area contributed by atoms with Crippen molar-refractivity contribution in [2.24, 2.45) is 4.99 Å². The first-order valence-corrected chi connectivity index (χ1v) is 9.86. The third-order valence-electron chi connectivity index (χ3n) is 4.24. The molecule has 7 heteroatoms. The van der Waals surface area contributed by atoms with Crippen LogP contribution in [0.4, 0.5) is 0 Å². The van der Waals surface area contributed by atoms with E-state index < -0.39 is 0 Å². The van der Waals surface area contributed by atoms with Crippen molar-refractivity contribution in [1.29, 1.82) is 0 Å². The van der Waals surface area contributed by atoms with Gasteiger partial charge in [-0.25, -0.2) is 0 Å². The molecule has 1 amide bonds. The number of hydrogen-bond donors (Lipinski definition) is 2. The van der Waals surface area contributed by atoms with Crippen LogP contribution in [0.25, 0.3) is 0 Å². The summed E-state index contributed by atoms with van der Waals surface area (Å²) in [6.45, 7) is 1.36. The lowest BCUT2D eigenvalue weighted by Crippen LogP contribution is -2.39. The van der Waals surface area contributed by atoms with E-state index in [2.05, 4.69) is 15.6 Å². The van der Waals surface area contributed by atoms with Crippen LogP contribution >= 0.6 is 23.2 Å². The van der Waals surface area contributed by atoms with Gasteiger partial charge in [-0.15, -0.1) is 0 Å². The average molecular weight is 421 g/mol. The molecule has 0 aliphatic rings. The van der Waals surface area contributed by atoms with Crippen LogP contribution in [0.1, 0.15) is 21.5 Å². The molecular formula is C21H26Cl2N4O. The van der Waals surface area contributed by atoms with Crippen LogP contribution in [-0.4, -0.2) is 51.0 Å². The summed E-state index contributed by atoms with van der Waals surface area (Å²) in [7, 11) is 5.23. The third-order valence-corrected chi connectivity index (χ3v) is 4.95. The Morgan fingerprint density at radius 3 is 2.21 bits per heavy atom. The van der Waals surface area contributed by atoms with Crippen LogP contribution in [-0.2, 0) is 12.8 Å². The van der Waals surface area contributed by atoms with Gasteiger partial charge in [0.1, 0.15) is 0 Å². The highest BCUT2D eigenvalue weighted by Crippen LogP contribution is 2.24. The zero-order valence-electron chi connectivity index (χ0n) is 16.4. The molecule has 0 bridgehead atoms. The fraction of sp³-hybridized carbons (Fsp3) is 0.333. The van der Waals surface area contributed by atoms with Crippen molar-refractivity contribution < 1.29 is 4.79 Å². The quantitative estimate of drug-likeness (QED) is 0.530. The molecule has 0 spiro atoms. The van der Waals surface area contributed by atoms with E-state index in [1.807, 2.05) is 42.5 Å². The molecule has 0 atom stereocenters. The Morgan fingerprint density at radius 1 is 1.00 bits per heavy atom. The van der Waals surface area contributed by atoms with Crippen molar-refractivity contribution in [3.05, 3.63) is 69.2 Å². The molecule has 2 rings (SSSR count). The van der Waals surface area contributed by atoms with Crippen molar-refractivity contribution in [1.82, 2.24) is 15.5 Å². The number of carbonyl (C=O) groups excluding carboxylic acids is 1. The van der Waals surface area contributed by atoms with Gasteiger partial charge in [0.25, 0.3) is 5.91 Å². The molecule has 0 unspecified atom stereocenters. The molecule has 0 radical (unpaired) electrons. The molecule has 0 saturated heterocycles. The lowest BCUT2D eigenvalue weighted by Gasteiger charge is -2.14. The van der Waals surface area contributed by atoms with Crippen LogP contribution in [0.3, 0.4) is 0 Å². The number of benzene rings is 2. The van der Waals surface area contributed by atoms with E-state index >= 15 is 0 Å². The third kappa shape index (κ3) is 6.43. The second-order valence-corrected chi connectivity index (χ2v) is 7.34. The Hall–Kier alpha value is -2.24. The molecular weight excluding hydrogens is 395 g/mol. The van der Waals surface area contributed by atoms with E-state index in [1.54, 1.807) is 26.0 Å². The number of carbonyl (C=O) groups is 1. The van der Waals surface area contributed by atoms with Crippen LogP contribution in [0.5, 0.6) is 0 Å². The van der Waals surface area contributed by atoms with Gasteiger partial charge in [-0.2, -0.15) is 0 Å². The highest BCUT2D eigenvalue weighted by molar-refractivity contribution is 6.36. The van der Waals surface area contributed by atoms with Crippen molar-refractivity contribution in [2.45, 2.75) is 12.8 Å². The Kier molecular flexibility index (Phi) is 8.61. The van der Waals surface area contributed by atoms with Crippen molar-refractivity contribution in [3.63, 3.8) is 0 Å². The van der Waals surface area contributed by atoms with Gasteiger partial charge in [0, 0.05) is 49.8 Å². The Labute approximate surface area is 176 Å². The van der Waals surface area contributed by atoms with E-state index in [-0.39, 0.29) is 5.91 Å². The SMILES string of the molecule is CN=C(NCCc1cccc(C(=O)N(C)C)c1)NCCc1c(Cl)cccc1Cl. The van der Waals surface area contributed by atoms with Crippen molar-refractivity contribution in [2.75, 3.05) is 34.2 Å². The molecule has 2 N–H and O–H groups in total. The van der Waals surface area contributed by atoms with Gasteiger partial charge < -0.3 is 15.5 Å². The molecule has 0 heterocycles. The molecule has 2 aromatic rings. The maximum atomic E-state index is 12.1. The van der Waals surface area contributed by atoms with Gasteiger partial charge in [-0.3, -0.25) is 9.79 Å². The number of amides is 1. The molecule has 150 valence electrons. The van der Waals surface area contributed by atoms with E-state index in [0.717, 1.165) is 17.5 Å². The minimum Gasteiger partial charge on any atom is -0.356 e. The van der Waals surface area contributed by atoms with Gasteiger partial charge >= 0.3 is 0 Å². The molecule has 0 aliphatic heterocycles. The van der Waals surface area contributed by atoms with Gasteiger partial charge in [-0.05, 0) is 48.2 Å². The number of aliphatic imine (C=N–C) groups is 1. The minimum absolute atomic E-state index is 0.00511. The van der Waals surface area contributed by atoms with Crippen LogP contribution in [0.2, 0.25) is 10.0 Å². The summed E-state index contributed by atoms with van der Waals surface area (Å²) in [5.41, 5.74) is 2.72. The number of rotatable bonds is 7. The monoisotopic (exact) mass is 420 g/mol. The summed E-state index contributed by atoms with van der Waals surface area (Å²) >= 11 is 12.4. The minimum atomic E-state index is 0.00511. The summed E-state index contributed by atoms with van der Waals surface area (Å²) in [6.07, 6.45) is 1.49. The second kappa shape index (κ2) is 10.9. The first-order valence-electron chi connectivity index (χ1n) is 9.10. The van der Waals surface area contributed by atoms with E-state index in [9.17, 15) is 4.79 Å². The Balaban J connectivity index is 1.81. The van der Waals surface area contributed by atoms with Gasteiger partial charge in [0.05, 0.1) is 0 Å². The maximum Gasteiger partial charge on any atom is 0.253 e. The van der Waals surface area contributed by atoms with E-state index in [0.29, 0.717) is 41.1 Å². The van der Waals surface area contributed by atoms with Crippen LogP contribution in [0.15, 0.2) is 47.5 Å². The standard InChI is InChI=1S/C21H26Cl2N4O/c1-24-21(26-13-11-17-18(22)8-5-9-19(17)23)25-12-10-15-6-4-7-16(14-15)20(28)27(2)3/h4-9,14H,10-13H2,1-3H3,(H2,24,25,26). The number of guanidine groups is 1. The van der Waals surface area contributed by atoms with E-state index in [4.69, 9.17) is 23.2 Å². The zero-order chi connectivity index (χ0) is 20.5. The lowest BCUT2D eigenvalue weighted by molar-refractivity contribution is 0.0827. The van der Waals surface area contributed by atoms with Crippen LogP contribution < -0.4 is 10.6 Å². The predicted molar refractivity (Wildman–Crippen MR) is 118 cm³/mol. The van der Waals surface area contributed by atoms with Crippen molar-refractivity contribution in [3.8, 4) is 0 Å². The number of hydrogen-bond acceptors (Lipinski definition) is 2. The summed E-state index contributed by atoms with van der Waals surface area (Å²) in [5.74, 6) is 0.717. The fourth-order valence-electron chi connectivity index (χ4n) is 2.74. The smallest absolute Gasteiger partial charge is 0.253 e. The van der Waals surface area contributed by atoms with Crippen molar-refractivity contribution >= 4 is 35.1 Å². The highest BCUT2D eigenvalue weighted by Gasteiger charge is 2.08. The predicted octanol–water partition coefficient (Wildman–Crippen LogP) is 3.65. The summed E-state index contributed by atoms with van der Waals surface area (Å²) in [4.78, 5) is 17.9. The molecule has 5 nitrogen and oxygen atoms in total.